The van der Waals surface area contributed by atoms with Gasteiger partial charge in [0.05, 0.1) is 10.2 Å². The number of rotatable bonds is 2. The molecule has 112 valence electrons. The molecule has 1 saturated heterocycles. The second-order valence-corrected chi connectivity index (χ2v) is 6.82. The van der Waals surface area contributed by atoms with Gasteiger partial charge in [0, 0.05) is 24.2 Å². The van der Waals surface area contributed by atoms with Gasteiger partial charge in [0.2, 0.25) is 0 Å². The Bertz CT molecular complexity index is 669. The predicted molar refractivity (Wildman–Crippen MR) is 86.6 cm³/mol. The van der Waals surface area contributed by atoms with Crippen LogP contribution in [-0.4, -0.2) is 41.5 Å². The average Bonchev–Trinajstić information content (AvgIpc) is 2.82. The highest BCUT2D eigenvalue weighted by Crippen LogP contribution is 2.25. The number of hydrogen-bond acceptors (Lipinski definition) is 5. The maximum atomic E-state index is 12.4. The normalized spacial score (nSPS) is 23.3. The van der Waals surface area contributed by atoms with Crippen molar-refractivity contribution >= 4 is 32.6 Å². The van der Waals surface area contributed by atoms with Crippen LogP contribution in [0, 0.1) is 0 Å². The van der Waals surface area contributed by atoms with E-state index in [1.54, 1.807) is 0 Å². The van der Waals surface area contributed by atoms with Gasteiger partial charge in [-0.25, -0.2) is 4.98 Å². The highest BCUT2D eigenvalue weighted by atomic mass is 32.1. The van der Waals surface area contributed by atoms with Crippen LogP contribution in [0.3, 0.4) is 0 Å². The van der Waals surface area contributed by atoms with Crippen LogP contribution in [-0.2, 0) is 0 Å². The molecule has 1 amide bonds. The molecule has 1 fully saturated rings. The quantitative estimate of drug-likeness (QED) is 0.891. The Kier molecular flexibility index (Phi) is 3.82. The zero-order chi connectivity index (χ0) is 15.0. The van der Waals surface area contributed by atoms with Crippen LogP contribution in [0.25, 0.3) is 10.2 Å². The number of benzene rings is 1. The van der Waals surface area contributed by atoms with Crippen molar-refractivity contribution in [1.82, 2.24) is 15.2 Å². The van der Waals surface area contributed by atoms with E-state index in [1.165, 1.54) is 11.3 Å². The Morgan fingerprint density at radius 2 is 2.33 bits per heavy atom. The number of carbonyl (C=O) groups is 1. The van der Waals surface area contributed by atoms with Crippen LogP contribution >= 0.6 is 11.3 Å². The second kappa shape index (κ2) is 5.61. The Morgan fingerprint density at radius 1 is 1.52 bits per heavy atom. The van der Waals surface area contributed by atoms with Gasteiger partial charge in [-0.1, -0.05) is 11.3 Å². The van der Waals surface area contributed by atoms with Gasteiger partial charge in [-0.2, -0.15) is 0 Å². The zero-order valence-corrected chi connectivity index (χ0v) is 13.1. The van der Waals surface area contributed by atoms with E-state index in [0.29, 0.717) is 16.7 Å². The molecule has 1 aliphatic rings. The van der Waals surface area contributed by atoms with E-state index < -0.39 is 0 Å². The monoisotopic (exact) mass is 304 g/mol. The largest absolute Gasteiger partial charge is 0.375 e. The maximum absolute atomic E-state index is 12.4. The molecule has 21 heavy (non-hydrogen) atoms. The first-order valence-corrected chi connectivity index (χ1v) is 8.02. The fourth-order valence-electron chi connectivity index (χ4n) is 2.77. The number of carbonyl (C=O) groups excluding carboxylic acids is 1. The number of hydrogen-bond donors (Lipinski definition) is 2. The van der Waals surface area contributed by atoms with Crippen molar-refractivity contribution in [2.45, 2.75) is 31.8 Å². The molecule has 0 aliphatic carbocycles. The number of nitrogen functional groups attached to an aromatic ring is 1. The number of nitrogens with two attached hydrogens (primary N) is 1. The summed E-state index contributed by atoms with van der Waals surface area (Å²) in [6.45, 7) is 3.22. The molecule has 3 rings (SSSR count). The molecule has 6 heteroatoms. The third-order valence-electron chi connectivity index (χ3n) is 4.21. The van der Waals surface area contributed by atoms with E-state index in [9.17, 15) is 4.79 Å². The van der Waals surface area contributed by atoms with Gasteiger partial charge >= 0.3 is 0 Å². The van der Waals surface area contributed by atoms with Gasteiger partial charge in [0.1, 0.15) is 0 Å². The number of fused-ring (bicyclic) bond motifs is 1. The van der Waals surface area contributed by atoms with Gasteiger partial charge in [-0.3, -0.25) is 4.79 Å². The molecule has 1 aromatic heterocycles. The molecule has 1 aliphatic heterocycles. The van der Waals surface area contributed by atoms with E-state index >= 15 is 0 Å². The Hall–Kier alpha value is -1.66. The Labute approximate surface area is 128 Å². The number of nitrogens with zero attached hydrogens (tertiary/aromatic N) is 2. The molecule has 0 bridgehead atoms. The third-order valence-corrected chi connectivity index (χ3v) is 5.06. The highest BCUT2D eigenvalue weighted by Gasteiger charge is 2.24. The molecule has 1 aromatic carbocycles. The van der Waals surface area contributed by atoms with Gasteiger partial charge in [-0.05, 0) is 45.0 Å². The van der Waals surface area contributed by atoms with E-state index in [4.69, 9.17) is 5.73 Å². The first kappa shape index (κ1) is 14.3. The van der Waals surface area contributed by atoms with E-state index in [1.807, 2.05) is 18.2 Å². The molecular weight excluding hydrogens is 284 g/mol. The Balaban J connectivity index is 1.71. The topological polar surface area (TPSA) is 71.2 Å². The molecule has 3 N–H and O–H groups in total. The zero-order valence-electron chi connectivity index (χ0n) is 12.3. The summed E-state index contributed by atoms with van der Waals surface area (Å²) in [5.74, 6) is -0.00868. The lowest BCUT2D eigenvalue weighted by molar-refractivity contribution is 0.0896. The molecule has 2 heterocycles. The van der Waals surface area contributed by atoms with Crippen LogP contribution in [0.15, 0.2) is 18.2 Å². The summed E-state index contributed by atoms with van der Waals surface area (Å²) in [7, 11) is 2.13. The third kappa shape index (κ3) is 3.01. The average molecular weight is 304 g/mol. The van der Waals surface area contributed by atoms with Crippen molar-refractivity contribution in [1.29, 1.82) is 0 Å². The molecular formula is C15H20N4OS. The van der Waals surface area contributed by atoms with Crippen LogP contribution in [0.4, 0.5) is 5.13 Å². The highest BCUT2D eigenvalue weighted by molar-refractivity contribution is 7.22. The Morgan fingerprint density at radius 3 is 3.10 bits per heavy atom. The van der Waals surface area contributed by atoms with E-state index in [2.05, 4.69) is 29.2 Å². The van der Waals surface area contributed by atoms with Crippen molar-refractivity contribution in [2.24, 2.45) is 0 Å². The minimum absolute atomic E-state index is 0.00868. The molecule has 0 saturated carbocycles. The van der Waals surface area contributed by atoms with Gasteiger partial charge in [0.25, 0.3) is 5.91 Å². The minimum Gasteiger partial charge on any atom is -0.375 e. The number of aromatic nitrogens is 1. The fraction of sp³-hybridized carbons (Fsp3) is 0.467. The first-order chi connectivity index (χ1) is 10.0. The smallest absolute Gasteiger partial charge is 0.251 e. The van der Waals surface area contributed by atoms with Crippen LogP contribution in [0.5, 0.6) is 0 Å². The number of likely N-dealkylation sites (tertiary alicyclic amines) is 1. The lowest BCUT2D eigenvalue weighted by Gasteiger charge is -2.35. The fourth-order valence-corrected chi connectivity index (χ4v) is 3.55. The predicted octanol–water partition coefficient (Wildman–Crippen LogP) is 2.09. The SMILES string of the molecule is CC1CC(NC(=O)c2ccc3nc(N)sc3c2)CCN1C. The van der Waals surface area contributed by atoms with Crippen molar-refractivity contribution in [3.63, 3.8) is 0 Å². The standard InChI is InChI=1S/C15H20N4OS/c1-9-7-11(5-6-19(9)2)17-14(20)10-3-4-12-13(8-10)21-15(16)18-12/h3-4,8-9,11H,5-7H2,1-2H3,(H2,16,18)(H,17,20). The van der Waals surface area contributed by atoms with E-state index in [-0.39, 0.29) is 11.9 Å². The molecule has 0 spiro atoms. The molecule has 2 unspecified atom stereocenters. The number of piperidine rings is 1. The van der Waals surface area contributed by atoms with Gasteiger partial charge in [-0.15, -0.1) is 0 Å². The molecule has 0 radical (unpaired) electrons. The summed E-state index contributed by atoms with van der Waals surface area (Å²) < 4.78 is 0.955. The van der Waals surface area contributed by atoms with Gasteiger partial charge < -0.3 is 16.0 Å². The van der Waals surface area contributed by atoms with Crippen molar-refractivity contribution in [3.05, 3.63) is 23.8 Å². The maximum Gasteiger partial charge on any atom is 0.251 e. The molecule has 2 atom stereocenters. The number of anilines is 1. The summed E-state index contributed by atoms with van der Waals surface area (Å²) >= 11 is 1.41. The lowest BCUT2D eigenvalue weighted by atomic mass is 9.98. The first-order valence-electron chi connectivity index (χ1n) is 7.20. The molecule has 5 nitrogen and oxygen atoms in total. The second-order valence-electron chi connectivity index (χ2n) is 5.76. The van der Waals surface area contributed by atoms with Crippen LogP contribution < -0.4 is 11.1 Å². The van der Waals surface area contributed by atoms with Crippen molar-refractivity contribution in [2.75, 3.05) is 19.3 Å². The summed E-state index contributed by atoms with van der Waals surface area (Å²) in [5.41, 5.74) is 7.22. The summed E-state index contributed by atoms with van der Waals surface area (Å²) in [6.07, 6.45) is 2.00. The van der Waals surface area contributed by atoms with E-state index in [0.717, 1.165) is 29.6 Å². The molecule has 2 aromatic rings. The van der Waals surface area contributed by atoms with Crippen LogP contribution in [0.2, 0.25) is 0 Å². The van der Waals surface area contributed by atoms with Crippen molar-refractivity contribution in [3.8, 4) is 0 Å². The number of thiazole rings is 1. The summed E-state index contributed by atoms with van der Waals surface area (Å²) in [5, 5.41) is 3.68. The van der Waals surface area contributed by atoms with Crippen LogP contribution in [0.1, 0.15) is 30.1 Å². The lowest BCUT2D eigenvalue weighted by Crippen LogP contribution is -2.47. The minimum atomic E-state index is -0.00868. The number of amides is 1. The summed E-state index contributed by atoms with van der Waals surface area (Å²) in [6, 6.07) is 6.31. The van der Waals surface area contributed by atoms with Crippen molar-refractivity contribution < 1.29 is 4.79 Å². The summed E-state index contributed by atoms with van der Waals surface area (Å²) in [4.78, 5) is 18.9. The number of nitrogens with one attached hydrogen (secondary N) is 1. The van der Waals surface area contributed by atoms with Gasteiger partial charge in [0.15, 0.2) is 5.13 Å².